The van der Waals surface area contributed by atoms with Crippen molar-refractivity contribution in [3.63, 3.8) is 0 Å². The average molecular weight is 519 g/mol. The summed E-state index contributed by atoms with van der Waals surface area (Å²) >= 11 is 11.7. The van der Waals surface area contributed by atoms with E-state index in [1.165, 1.54) is 37.4 Å². The number of esters is 2. The number of carbonyl (C=O) groups excluding carboxylic acids is 2. The van der Waals surface area contributed by atoms with Gasteiger partial charge in [0.05, 0.1) is 17.2 Å². The molecule has 3 aromatic rings. The summed E-state index contributed by atoms with van der Waals surface area (Å²) in [5, 5.41) is 0.942. The molecule has 0 unspecified atom stereocenters. The normalized spacial score (nSPS) is 19.3. The molecule has 1 saturated heterocycles. The zero-order chi connectivity index (χ0) is 25.1. The van der Waals surface area contributed by atoms with Gasteiger partial charge in [-0.15, -0.1) is 0 Å². The highest BCUT2D eigenvalue weighted by molar-refractivity contribution is 6.31. The molecule has 1 aliphatic rings. The predicted octanol–water partition coefficient (Wildman–Crippen LogP) is 3.52. The Labute approximate surface area is 209 Å². The van der Waals surface area contributed by atoms with Gasteiger partial charge in [-0.05, 0) is 55.5 Å². The van der Waals surface area contributed by atoms with Crippen LogP contribution < -0.4 is 11.2 Å². The summed E-state index contributed by atoms with van der Waals surface area (Å²) in [7, 11) is 0. The largest absolute Gasteiger partial charge is 0.459 e. The van der Waals surface area contributed by atoms with E-state index in [1.54, 1.807) is 24.3 Å². The Hall–Kier alpha value is -3.40. The topological polar surface area (TPSA) is 117 Å². The number of aryl methyl sites for hydroxylation is 1. The molecule has 1 aromatic heterocycles. The molecule has 1 N–H and O–H groups in total. The molecule has 4 rings (SSSR count). The van der Waals surface area contributed by atoms with Gasteiger partial charge in [0.2, 0.25) is 0 Å². The second kappa shape index (κ2) is 10.5. The first-order chi connectivity index (χ1) is 16.7. The van der Waals surface area contributed by atoms with Crippen molar-refractivity contribution in [2.24, 2.45) is 0 Å². The molecule has 1 fully saturated rings. The number of carbonyl (C=O) groups is 2. The molecule has 0 radical (unpaired) electrons. The van der Waals surface area contributed by atoms with Gasteiger partial charge < -0.3 is 14.2 Å². The van der Waals surface area contributed by atoms with E-state index in [-0.39, 0.29) is 24.2 Å². The summed E-state index contributed by atoms with van der Waals surface area (Å²) in [5.41, 5.74) is -0.421. The van der Waals surface area contributed by atoms with Crippen molar-refractivity contribution < 1.29 is 23.8 Å². The van der Waals surface area contributed by atoms with Gasteiger partial charge in [-0.2, -0.15) is 0 Å². The maximum atomic E-state index is 12.7. The predicted molar refractivity (Wildman–Crippen MR) is 127 cm³/mol. The minimum atomic E-state index is -1.05. The molecule has 2 heterocycles. The van der Waals surface area contributed by atoms with E-state index in [4.69, 9.17) is 37.4 Å². The monoisotopic (exact) mass is 518 g/mol. The molecular formula is C24H20Cl2N2O7. The first-order valence-corrected chi connectivity index (χ1v) is 11.3. The smallest absolute Gasteiger partial charge is 0.338 e. The third-order valence-corrected chi connectivity index (χ3v) is 5.89. The van der Waals surface area contributed by atoms with Gasteiger partial charge in [-0.25, -0.2) is 14.4 Å². The molecule has 3 atom stereocenters. The summed E-state index contributed by atoms with van der Waals surface area (Å²) in [5.74, 6) is -1.23. The zero-order valence-electron chi connectivity index (χ0n) is 18.4. The lowest BCUT2D eigenvalue weighted by atomic mass is 10.1. The Bertz CT molecular complexity index is 1350. The number of nitrogens with one attached hydrogen (secondary N) is 1. The Morgan fingerprint density at radius 1 is 1.00 bits per heavy atom. The number of benzene rings is 2. The minimum Gasteiger partial charge on any atom is -0.459 e. The molecule has 182 valence electrons. The molecule has 0 spiro atoms. The lowest BCUT2D eigenvalue weighted by Gasteiger charge is -2.21. The Balaban J connectivity index is 1.53. The van der Waals surface area contributed by atoms with Gasteiger partial charge in [0.1, 0.15) is 12.7 Å². The molecule has 35 heavy (non-hydrogen) atoms. The van der Waals surface area contributed by atoms with Crippen molar-refractivity contribution in [1.82, 2.24) is 9.55 Å². The lowest BCUT2D eigenvalue weighted by molar-refractivity contribution is -0.0631. The van der Waals surface area contributed by atoms with E-state index >= 15 is 0 Å². The standard InChI is InChI=1S/C24H20Cl2N2O7/c1-13-11-28(24(32)27-20(13)29)21-19(35-23(31)15-4-8-17(26)9-5-15)10-18(34-21)12-33-22(30)14-2-6-16(25)7-3-14/h2-9,11,18-19,21H,10,12H2,1H3,(H,27,29,32)/t18-,19+,21+/m0/s1. The van der Waals surface area contributed by atoms with Crippen LogP contribution in [0, 0.1) is 6.92 Å². The second-order valence-electron chi connectivity index (χ2n) is 7.92. The van der Waals surface area contributed by atoms with Crippen molar-refractivity contribution in [2.45, 2.75) is 31.8 Å². The van der Waals surface area contributed by atoms with E-state index in [0.29, 0.717) is 15.6 Å². The fourth-order valence-corrected chi connectivity index (χ4v) is 3.83. The van der Waals surface area contributed by atoms with Gasteiger partial charge in [-0.1, -0.05) is 23.2 Å². The highest BCUT2D eigenvalue weighted by Crippen LogP contribution is 2.31. The van der Waals surface area contributed by atoms with Gasteiger partial charge in [-0.3, -0.25) is 14.3 Å². The van der Waals surface area contributed by atoms with E-state index in [2.05, 4.69) is 4.98 Å². The molecule has 11 heteroatoms. The number of rotatable bonds is 6. The number of aromatic amines is 1. The number of halogens is 2. The molecule has 0 bridgehead atoms. The van der Waals surface area contributed by atoms with Crippen molar-refractivity contribution in [3.8, 4) is 0 Å². The van der Waals surface area contributed by atoms with Crippen molar-refractivity contribution in [1.29, 1.82) is 0 Å². The van der Waals surface area contributed by atoms with E-state index in [9.17, 15) is 19.2 Å². The molecular weight excluding hydrogens is 499 g/mol. The Morgan fingerprint density at radius 3 is 2.17 bits per heavy atom. The first-order valence-electron chi connectivity index (χ1n) is 10.6. The molecule has 1 aliphatic heterocycles. The lowest BCUT2D eigenvalue weighted by Crippen LogP contribution is -2.37. The zero-order valence-corrected chi connectivity index (χ0v) is 19.9. The van der Waals surface area contributed by atoms with Crippen LogP contribution in [0.25, 0.3) is 0 Å². The van der Waals surface area contributed by atoms with Crippen molar-refractivity contribution in [2.75, 3.05) is 6.61 Å². The summed E-state index contributed by atoms with van der Waals surface area (Å²) < 4.78 is 18.1. The Morgan fingerprint density at radius 2 is 1.57 bits per heavy atom. The molecule has 0 amide bonds. The molecule has 0 saturated carbocycles. The van der Waals surface area contributed by atoms with Gasteiger partial charge in [0.25, 0.3) is 5.56 Å². The van der Waals surface area contributed by atoms with E-state index in [0.717, 1.165) is 4.57 Å². The first kappa shape index (κ1) is 24.7. The third kappa shape index (κ3) is 5.82. The Kier molecular flexibility index (Phi) is 7.39. The summed E-state index contributed by atoms with van der Waals surface area (Å²) in [6.45, 7) is 1.38. The van der Waals surface area contributed by atoms with Crippen LogP contribution in [-0.2, 0) is 14.2 Å². The summed E-state index contributed by atoms with van der Waals surface area (Å²) in [4.78, 5) is 51.6. The molecule has 2 aromatic carbocycles. The van der Waals surface area contributed by atoms with Crippen molar-refractivity contribution in [3.05, 3.63) is 102 Å². The number of aromatic nitrogens is 2. The minimum absolute atomic E-state index is 0.141. The molecule has 0 aliphatic carbocycles. The number of nitrogens with zero attached hydrogens (tertiary/aromatic N) is 1. The number of ether oxygens (including phenoxy) is 3. The van der Waals surface area contributed by atoms with Crippen LogP contribution in [0.15, 0.2) is 64.3 Å². The summed E-state index contributed by atoms with van der Waals surface area (Å²) in [6, 6.07) is 12.3. The maximum absolute atomic E-state index is 12.7. The van der Waals surface area contributed by atoms with Crippen LogP contribution in [0.4, 0.5) is 0 Å². The van der Waals surface area contributed by atoms with E-state index in [1.807, 2.05) is 0 Å². The fourth-order valence-electron chi connectivity index (χ4n) is 3.58. The van der Waals surface area contributed by atoms with Crippen molar-refractivity contribution >= 4 is 35.1 Å². The number of H-pyrrole nitrogens is 1. The maximum Gasteiger partial charge on any atom is 0.338 e. The van der Waals surface area contributed by atoms with Crippen LogP contribution in [0.1, 0.15) is 38.9 Å². The number of hydrogen-bond donors (Lipinski definition) is 1. The molecule has 9 nitrogen and oxygen atoms in total. The highest BCUT2D eigenvalue weighted by Gasteiger charge is 2.40. The van der Waals surface area contributed by atoms with Crippen LogP contribution in [-0.4, -0.2) is 40.3 Å². The number of hydrogen-bond acceptors (Lipinski definition) is 7. The van der Waals surface area contributed by atoms with Gasteiger partial charge >= 0.3 is 17.6 Å². The third-order valence-electron chi connectivity index (χ3n) is 5.38. The highest BCUT2D eigenvalue weighted by atomic mass is 35.5. The SMILES string of the molecule is Cc1cn([C@@H]2O[C@H](COC(=O)c3ccc(Cl)cc3)C[C@H]2OC(=O)c2ccc(Cl)cc2)c(=O)[nH]c1=O. The quantitative estimate of drug-likeness (QED) is 0.496. The van der Waals surface area contributed by atoms with Crippen LogP contribution in [0.3, 0.4) is 0 Å². The second-order valence-corrected chi connectivity index (χ2v) is 8.79. The van der Waals surface area contributed by atoms with Crippen LogP contribution in [0.5, 0.6) is 0 Å². The fraction of sp³-hybridized carbons (Fsp3) is 0.250. The average Bonchev–Trinajstić information content (AvgIpc) is 3.23. The van der Waals surface area contributed by atoms with Crippen LogP contribution in [0.2, 0.25) is 10.0 Å². The summed E-state index contributed by atoms with van der Waals surface area (Å²) in [6.07, 6.45) is -1.16. The van der Waals surface area contributed by atoms with Gasteiger partial charge in [0.15, 0.2) is 6.23 Å². The van der Waals surface area contributed by atoms with Crippen LogP contribution >= 0.6 is 23.2 Å². The van der Waals surface area contributed by atoms with E-state index < -0.39 is 41.6 Å². The van der Waals surface area contributed by atoms with Gasteiger partial charge in [0, 0.05) is 28.2 Å².